The number of carbonyl (C=O) groups excluding carboxylic acids is 1. The average Bonchev–Trinajstić information content (AvgIpc) is 2.74. The highest BCUT2D eigenvalue weighted by Gasteiger charge is 2.25. The molecule has 1 fully saturated rings. The molecule has 0 saturated carbocycles. The molecule has 0 radical (unpaired) electrons. The summed E-state index contributed by atoms with van der Waals surface area (Å²) < 4.78 is 0. The molecule has 1 heterocycles. The van der Waals surface area contributed by atoms with Gasteiger partial charge in [0, 0.05) is 11.6 Å². The van der Waals surface area contributed by atoms with Crippen LogP contribution in [-0.2, 0) is 0 Å². The third kappa shape index (κ3) is 1.93. The Kier molecular flexibility index (Phi) is 3.20. The van der Waals surface area contributed by atoms with Gasteiger partial charge in [-0.2, -0.15) is 0 Å². The predicted octanol–water partition coefficient (Wildman–Crippen LogP) is 2.82. The van der Waals surface area contributed by atoms with Crippen molar-refractivity contribution >= 4 is 5.78 Å². The van der Waals surface area contributed by atoms with E-state index in [2.05, 4.69) is 24.6 Å². The van der Waals surface area contributed by atoms with Gasteiger partial charge in [-0.15, -0.1) is 0 Å². The van der Waals surface area contributed by atoms with Crippen LogP contribution in [0.4, 0.5) is 0 Å². The van der Waals surface area contributed by atoms with E-state index in [4.69, 9.17) is 0 Å². The number of rotatable bonds is 3. The van der Waals surface area contributed by atoms with E-state index in [1.54, 1.807) is 0 Å². The van der Waals surface area contributed by atoms with Crippen molar-refractivity contribution in [3.63, 3.8) is 0 Å². The lowest BCUT2D eigenvalue weighted by atomic mass is 9.96. The van der Waals surface area contributed by atoms with Crippen LogP contribution in [-0.4, -0.2) is 24.3 Å². The highest BCUT2D eigenvalue weighted by Crippen LogP contribution is 2.32. The largest absolute Gasteiger partial charge is 0.299 e. The van der Waals surface area contributed by atoms with E-state index in [0.29, 0.717) is 6.04 Å². The Morgan fingerprint density at radius 3 is 2.88 bits per heavy atom. The van der Waals surface area contributed by atoms with Crippen LogP contribution in [0, 0.1) is 0 Å². The van der Waals surface area contributed by atoms with Gasteiger partial charge < -0.3 is 0 Å². The van der Waals surface area contributed by atoms with Gasteiger partial charge in [0.25, 0.3) is 0 Å². The summed E-state index contributed by atoms with van der Waals surface area (Å²) >= 11 is 0. The van der Waals surface area contributed by atoms with E-state index in [1.165, 1.54) is 12.5 Å². The molecular weight excluding hydrogens is 198 g/mol. The molecule has 2 heteroatoms. The standard InChI is InChI=1S/C14H17NO/c1-3-14(16)12-8-5-4-7-11(12)13-9-6-10-15(13)2/h3-5,7-8,13H,1,6,9-10H2,2H3. The molecule has 0 aromatic heterocycles. The Hall–Kier alpha value is -1.41. The Morgan fingerprint density at radius 2 is 2.25 bits per heavy atom. The molecule has 16 heavy (non-hydrogen) atoms. The lowest BCUT2D eigenvalue weighted by Gasteiger charge is -2.21. The minimum atomic E-state index is 0.0240. The number of benzene rings is 1. The van der Waals surface area contributed by atoms with E-state index in [0.717, 1.165) is 24.1 Å². The summed E-state index contributed by atoms with van der Waals surface area (Å²) in [5, 5.41) is 0. The fraction of sp³-hybridized carbons (Fsp3) is 0.357. The van der Waals surface area contributed by atoms with Crippen LogP contribution in [0.2, 0.25) is 0 Å². The minimum absolute atomic E-state index is 0.0240. The summed E-state index contributed by atoms with van der Waals surface area (Å²) in [5.41, 5.74) is 1.95. The summed E-state index contributed by atoms with van der Waals surface area (Å²) in [6.07, 6.45) is 3.74. The van der Waals surface area contributed by atoms with E-state index in [9.17, 15) is 4.79 Å². The minimum Gasteiger partial charge on any atom is -0.299 e. The molecular formula is C14H17NO. The summed E-state index contributed by atoms with van der Waals surface area (Å²) in [6.45, 7) is 4.67. The van der Waals surface area contributed by atoms with Crippen molar-refractivity contribution < 1.29 is 4.79 Å². The van der Waals surface area contributed by atoms with Gasteiger partial charge in [-0.05, 0) is 38.1 Å². The molecule has 0 bridgehead atoms. The zero-order chi connectivity index (χ0) is 11.5. The number of hydrogen-bond donors (Lipinski definition) is 0. The molecule has 1 aromatic carbocycles. The molecule has 1 atom stereocenters. The van der Waals surface area contributed by atoms with Crippen LogP contribution >= 0.6 is 0 Å². The molecule has 1 saturated heterocycles. The zero-order valence-electron chi connectivity index (χ0n) is 9.65. The lowest BCUT2D eigenvalue weighted by molar-refractivity contribution is 0.104. The van der Waals surface area contributed by atoms with Crippen LogP contribution in [0.15, 0.2) is 36.9 Å². The highest BCUT2D eigenvalue weighted by molar-refractivity contribution is 6.05. The van der Waals surface area contributed by atoms with Crippen molar-refractivity contribution in [1.29, 1.82) is 0 Å². The van der Waals surface area contributed by atoms with Gasteiger partial charge in [0.1, 0.15) is 0 Å². The lowest BCUT2D eigenvalue weighted by Crippen LogP contribution is -2.19. The van der Waals surface area contributed by atoms with E-state index >= 15 is 0 Å². The van der Waals surface area contributed by atoms with Crippen LogP contribution in [0.1, 0.15) is 34.8 Å². The maximum absolute atomic E-state index is 11.8. The molecule has 1 aromatic rings. The molecule has 2 rings (SSSR count). The first-order chi connectivity index (χ1) is 7.74. The van der Waals surface area contributed by atoms with Crippen LogP contribution in [0.25, 0.3) is 0 Å². The molecule has 0 aliphatic carbocycles. The van der Waals surface area contributed by atoms with Crippen LogP contribution < -0.4 is 0 Å². The molecule has 84 valence electrons. The second-order valence-corrected chi connectivity index (χ2v) is 4.29. The van der Waals surface area contributed by atoms with Gasteiger partial charge in [-0.3, -0.25) is 9.69 Å². The van der Waals surface area contributed by atoms with E-state index in [-0.39, 0.29) is 5.78 Å². The molecule has 0 spiro atoms. The first-order valence-corrected chi connectivity index (χ1v) is 5.70. The SMILES string of the molecule is C=CC(=O)c1ccccc1C1CCCN1C. The normalized spacial score (nSPS) is 20.9. The molecule has 0 amide bonds. The van der Waals surface area contributed by atoms with Crippen LogP contribution in [0.5, 0.6) is 0 Å². The number of likely N-dealkylation sites (tertiary alicyclic amines) is 1. The predicted molar refractivity (Wildman–Crippen MR) is 65.6 cm³/mol. The topological polar surface area (TPSA) is 20.3 Å². The summed E-state index contributed by atoms with van der Waals surface area (Å²) in [4.78, 5) is 14.1. The van der Waals surface area contributed by atoms with E-state index in [1.807, 2.05) is 18.2 Å². The molecule has 1 aliphatic rings. The third-order valence-corrected chi connectivity index (χ3v) is 3.29. The number of ketones is 1. The number of hydrogen-bond acceptors (Lipinski definition) is 2. The maximum atomic E-state index is 11.8. The van der Waals surface area contributed by atoms with Crippen molar-refractivity contribution in [2.45, 2.75) is 18.9 Å². The quantitative estimate of drug-likeness (QED) is 0.571. The monoisotopic (exact) mass is 215 g/mol. The Morgan fingerprint density at radius 1 is 1.50 bits per heavy atom. The Balaban J connectivity index is 2.39. The second-order valence-electron chi connectivity index (χ2n) is 4.29. The maximum Gasteiger partial charge on any atom is 0.185 e. The number of nitrogens with zero attached hydrogens (tertiary/aromatic N) is 1. The number of carbonyl (C=O) groups is 1. The Bertz CT molecular complexity index is 411. The summed E-state index contributed by atoms with van der Waals surface area (Å²) in [7, 11) is 2.12. The second kappa shape index (κ2) is 4.62. The number of allylic oxidation sites excluding steroid dienone is 1. The summed E-state index contributed by atoms with van der Waals surface area (Å²) in [5.74, 6) is 0.0240. The first-order valence-electron chi connectivity index (χ1n) is 5.70. The van der Waals surface area contributed by atoms with Crippen LogP contribution in [0.3, 0.4) is 0 Å². The molecule has 1 aliphatic heterocycles. The zero-order valence-corrected chi connectivity index (χ0v) is 9.65. The Labute approximate surface area is 96.6 Å². The van der Waals surface area contributed by atoms with Gasteiger partial charge in [-0.25, -0.2) is 0 Å². The average molecular weight is 215 g/mol. The molecule has 1 unspecified atom stereocenters. The van der Waals surface area contributed by atoms with Gasteiger partial charge in [0.05, 0.1) is 0 Å². The van der Waals surface area contributed by atoms with Crippen molar-refractivity contribution in [3.05, 3.63) is 48.0 Å². The smallest absolute Gasteiger partial charge is 0.185 e. The molecule has 0 N–H and O–H groups in total. The summed E-state index contributed by atoms with van der Waals surface area (Å²) in [6, 6.07) is 8.26. The van der Waals surface area contributed by atoms with Crippen molar-refractivity contribution in [1.82, 2.24) is 4.90 Å². The third-order valence-electron chi connectivity index (χ3n) is 3.29. The van der Waals surface area contributed by atoms with Gasteiger partial charge >= 0.3 is 0 Å². The van der Waals surface area contributed by atoms with Gasteiger partial charge in [0.15, 0.2) is 5.78 Å². The first kappa shape index (κ1) is 11.1. The van der Waals surface area contributed by atoms with E-state index < -0.39 is 0 Å². The molecule has 2 nitrogen and oxygen atoms in total. The van der Waals surface area contributed by atoms with Crippen molar-refractivity contribution in [2.24, 2.45) is 0 Å². The fourth-order valence-corrected chi connectivity index (χ4v) is 2.43. The highest BCUT2D eigenvalue weighted by atomic mass is 16.1. The van der Waals surface area contributed by atoms with Crippen molar-refractivity contribution in [2.75, 3.05) is 13.6 Å². The fourth-order valence-electron chi connectivity index (χ4n) is 2.43. The van der Waals surface area contributed by atoms with Crippen molar-refractivity contribution in [3.8, 4) is 0 Å². The van der Waals surface area contributed by atoms with Gasteiger partial charge in [-0.1, -0.05) is 30.8 Å². The van der Waals surface area contributed by atoms with Gasteiger partial charge in [0.2, 0.25) is 0 Å².